The molecule has 23 heavy (non-hydrogen) atoms. The zero-order chi connectivity index (χ0) is 15.6. The van der Waals surface area contributed by atoms with E-state index in [2.05, 4.69) is 15.1 Å². The fraction of sp³-hybridized carbons (Fsp3) is 0.800. The Bertz CT molecular complexity index is 535. The molecule has 1 aromatic heterocycles. The number of amides is 1. The van der Waals surface area contributed by atoms with Crippen molar-refractivity contribution in [3.8, 4) is 0 Å². The molecule has 0 aliphatic carbocycles. The first-order chi connectivity index (χ1) is 11.3. The standard InChI is InChI=1S/C15H22N4O3S/c20-13(18-5-1-2-6-18)9-22-12-8-19(15-17-16-10-23-15)11-4-3-7-21-14(11)12/h10-12,14H,1-9H2/t11-,12+,14+/m0/s1. The molecule has 3 fully saturated rings. The van der Waals surface area contributed by atoms with E-state index in [-0.39, 0.29) is 30.8 Å². The molecule has 4 heterocycles. The summed E-state index contributed by atoms with van der Waals surface area (Å²) in [5, 5.41) is 9.05. The molecule has 1 aromatic rings. The summed E-state index contributed by atoms with van der Waals surface area (Å²) in [6, 6.07) is 0.281. The zero-order valence-electron chi connectivity index (χ0n) is 13.1. The Balaban J connectivity index is 1.40. The summed E-state index contributed by atoms with van der Waals surface area (Å²) in [6.45, 7) is 3.38. The van der Waals surface area contributed by atoms with E-state index in [1.165, 1.54) is 0 Å². The Morgan fingerprint density at radius 1 is 1.39 bits per heavy atom. The maximum absolute atomic E-state index is 12.2. The summed E-state index contributed by atoms with van der Waals surface area (Å²) >= 11 is 1.54. The number of likely N-dealkylation sites (tertiary alicyclic amines) is 1. The number of carbonyl (C=O) groups excluding carboxylic acids is 1. The Morgan fingerprint density at radius 2 is 2.26 bits per heavy atom. The van der Waals surface area contributed by atoms with E-state index in [1.807, 2.05) is 4.90 Å². The van der Waals surface area contributed by atoms with Crippen molar-refractivity contribution in [2.24, 2.45) is 0 Å². The Kier molecular flexibility index (Phi) is 4.46. The third-order valence-electron chi connectivity index (χ3n) is 4.95. The van der Waals surface area contributed by atoms with Crippen LogP contribution < -0.4 is 4.90 Å². The van der Waals surface area contributed by atoms with Gasteiger partial charge in [0.15, 0.2) is 0 Å². The van der Waals surface area contributed by atoms with E-state index in [9.17, 15) is 4.79 Å². The topological polar surface area (TPSA) is 67.8 Å². The van der Waals surface area contributed by atoms with Crippen molar-refractivity contribution in [2.45, 2.75) is 43.9 Å². The fourth-order valence-corrected chi connectivity index (χ4v) is 4.43. The SMILES string of the molecule is O=C(CO[C@@H]1CN(c2nncs2)[C@H]2CCCO[C@@H]12)N1CCCC1. The number of anilines is 1. The second-order valence-electron chi connectivity index (χ2n) is 6.36. The number of aromatic nitrogens is 2. The van der Waals surface area contributed by atoms with Crippen LogP contribution in [0.3, 0.4) is 0 Å². The highest BCUT2D eigenvalue weighted by Gasteiger charge is 2.46. The van der Waals surface area contributed by atoms with Crippen LogP contribution in [0, 0.1) is 0 Å². The number of rotatable bonds is 4. The average molecular weight is 338 g/mol. The monoisotopic (exact) mass is 338 g/mol. The van der Waals surface area contributed by atoms with Crippen LogP contribution in [0.15, 0.2) is 5.51 Å². The lowest BCUT2D eigenvalue weighted by Crippen LogP contribution is -2.42. The summed E-state index contributed by atoms with van der Waals surface area (Å²) in [4.78, 5) is 16.3. The molecular weight excluding hydrogens is 316 g/mol. The van der Waals surface area contributed by atoms with Crippen molar-refractivity contribution < 1.29 is 14.3 Å². The van der Waals surface area contributed by atoms with Crippen LogP contribution in [0.2, 0.25) is 0 Å². The van der Waals surface area contributed by atoms with E-state index < -0.39 is 0 Å². The van der Waals surface area contributed by atoms with Gasteiger partial charge in [-0.2, -0.15) is 0 Å². The summed E-state index contributed by atoms with van der Waals surface area (Å²) in [5.74, 6) is 0.101. The van der Waals surface area contributed by atoms with Gasteiger partial charge in [0.05, 0.1) is 6.04 Å². The predicted octanol–water partition coefficient (Wildman–Crippen LogP) is 0.913. The van der Waals surface area contributed by atoms with Crippen molar-refractivity contribution in [3.05, 3.63) is 5.51 Å². The van der Waals surface area contributed by atoms with Crippen molar-refractivity contribution in [3.63, 3.8) is 0 Å². The maximum atomic E-state index is 12.2. The molecule has 126 valence electrons. The van der Waals surface area contributed by atoms with E-state index in [1.54, 1.807) is 16.8 Å². The highest BCUT2D eigenvalue weighted by molar-refractivity contribution is 7.13. The first-order valence-electron chi connectivity index (χ1n) is 8.37. The molecule has 0 spiro atoms. The van der Waals surface area contributed by atoms with Crippen LogP contribution in [0.4, 0.5) is 5.13 Å². The number of nitrogens with zero attached hydrogens (tertiary/aromatic N) is 4. The zero-order valence-corrected chi connectivity index (χ0v) is 13.9. The smallest absolute Gasteiger partial charge is 0.248 e. The minimum absolute atomic E-state index is 0.0269. The second-order valence-corrected chi connectivity index (χ2v) is 7.17. The van der Waals surface area contributed by atoms with Crippen molar-refractivity contribution in [1.29, 1.82) is 0 Å². The van der Waals surface area contributed by atoms with Gasteiger partial charge in [0.2, 0.25) is 11.0 Å². The molecule has 4 rings (SSSR count). The molecule has 3 atom stereocenters. The van der Waals surface area contributed by atoms with E-state index in [4.69, 9.17) is 9.47 Å². The minimum atomic E-state index is -0.0734. The Labute approximate surface area is 139 Å². The molecule has 3 aliphatic heterocycles. The van der Waals surface area contributed by atoms with Gasteiger partial charge in [-0.1, -0.05) is 11.3 Å². The minimum Gasteiger partial charge on any atom is -0.373 e. The van der Waals surface area contributed by atoms with Crippen LogP contribution in [0.1, 0.15) is 25.7 Å². The fourth-order valence-electron chi connectivity index (χ4n) is 3.80. The Morgan fingerprint density at radius 3 is 3.04 bits per heavy atom. The van der Waals surface area contributed by atoms with E-state index in [0.717, 1.165) is 57.1 Å². The highest BCUT2D eigenvalue weighted by atomic mass is 32.1. The molecule has 0 saturated carbocycles. The lowest BCUT2D eigenvalue weighted by Gasteiger charge is -2.31. The molecule has 0 bridgehead atoms. The lowest BCUT2D eigenvalue weighted by molar-refractivity contribution is -0.140. The van der Waals surface area contributed by atoms with Crippen molar-refractivity contribution in [1.82, 2.24) is 15.1 Å². The normalized spacial score (nSPS) is 30.7. The molecule has 0 unspecified atom stereocenters. The molecule has 3 aliphatic rings. The maximum Gasteiger partial charge on any atom is 0.248 e. The van der Waals surface area contributed by atoms with Crippen LogP contribution in [0.25, 0.3) is 0 Å². The first kappa shape index (κ1) is 15.3. The number of hydrogen-bond acceptors (Lipinski definition) is 7. The number of hydrogen-bond donors (Lipinski definition) is 0. The number of fused-ring (bicyclic) bond motifs is 1. The summed E-state index contributed by atoms with van der Waals surface area (Å²) < 4.78 is 11.9. The quantitative estimate of drug-likeness (QED) is 0.813. The first-order valence-corrected chi connectivity index (χ1v) is 9.24. The molecular formula is C15H22N4O3S. The largest absolute Gasteiger partial charge is 0.373 e. The average Bonchev–Trinajstić information content (AvgIpc) is 3.31. The molecule has 3 saturated heterocycles. The summed E-state index contributed by atoms with van der Waals surface area (Å²) in [5.41, 5.74) is 1.75. The van der Waals surface area contributed by atoms with Gasteiger partial charge in [-0.05, 0) is 25.7 Å². The van der Waals surface area contributed by atoms with Crippen LogP contribution >= 0.6 is 11.3 Å². The summed E-state index contributed by atoms with van der Waals surface area (Å²) in [6.07, 6.45) is 4.29. The van der Waals surface area contributed by atoms with Gasteiger partial charge in [0.1, 0.15) is 24.3 Å². The lowest BCUT2D eigenvalue weighted by atomic mass is 10.0. The van der Waals surface area contributed by atoms with Gasteiger partial charge in [-0.25, -0.2) is 0 Å². The molecule has 0 radical (unpaired) electrons. The van der Waals surface area contributed by atoms with Crippen LogP contribution in [0.5, 0.6) is 0 Å². The molecule has 7 nitrogen and oxygen atoms in total. The van der Waals surface area contributed by atoms with Crippen LogP contribution in [-0.4, -0.2) is 72.1 Å². The summed E-state index contributed by atoms with van der Waals surface area (Å²) in [7, 11) is 0. The molecule has 1 amide bonds. The number of carbonyl (C=O) groups is 1. The van der Waals surface area contributed by atoms with Gasteiger partial charge in [-0.15, -0.1) is 10.2 Å². The second kappa shape index (κ2) is 6.70. The van der Waals surface area contributed by atoms with Gasteiger partial charge in [0.25, 0.3) is 0 Å². The van der Waals surface area contributed by atoms with Crippen LogP contribution in [-0.2, 0) is 14.3 Å². The molecule has 0 aromatic carbocycles. The third kappa shape index (κ3) is 3.07. The predicted molar refractivity (Wildman–Crippen MR) is 85.6 cm³/mol. The highest BCUT2D eigenvalue weighted by Crippen LogP contribution is 2.34. The van der Waals surface area contributed by atoms with Crippen molar-refractivity contribution in [2.75, 3.05) is 37.7 Å². The number of ether oxygens (including phenoxy) is 2. The van der Waals surface area contributed by atoms with E-state index in [0.29, 0.717) is 0 Å². The third-order valence-corrected chi connectivity index (χ3v) is 5.68. The Hall–Kier alpha value is -1.25. The van der Waals surface area contributed by atoms with Gasteiger partial charge in [-0.3, -0.25) is 4.79 Å². The molecule has 0 N–H and O–H groups in total. The van der Waals surface area contributed by atoms with E-state index >= 15 is 0 Å². The van der Waals surface area contributed by atoms with Crippen molar-refractivity contribution >= 4 is 22.4 Å². The molecule has 8 heteroatoms. The van der Waals surface area contributed by atoms with Gasteiger partial charge < -0.3 is 19.3 Å². The van der Waals surface area contributed by atoms with Gasteiger partial charge >= 0.3 is 0 Å². The van der Waals surface area contributed by atoms with Gasteiger partial charge in [0, 0.05) is 26.2 Å².